The van der Waals surface area contributed by atoms with Gasteiger partial charge in [0.15, 0.2) is 0 Å². The highest BCUT2D eigenvalue weighted by Gasteiger charge is 2.06. The fourth-order valence-corrected chi connectivity index (χ4v) is 0.420. The van der Waals surface area contributed by atoms with Gasteiger partial charge in [0.1, 0.15) is 0 Å². The Morgan fingerprint density at radius 3 is 2.78 bits per heavy atom. The molecule has 0 rings (SSSR count). The van der Waals surface area contributed by atoms with Crippen LogP contribution < -0.4 is 0 Å². The van der Waals surface area contributed by atoms with Gasteiger partial charge in [-0.05, 0) is 18.6 Å². The lowest BCUT2D eigenvalue weighted by atomic mass is 10.1. The predicted molar refractivity (Wildman–Crippen MR) is 39.5 cm³/mol. The van der Waals surface area contributed by atoms with Gasteiger partial charge in [-0.1, -0.05) is 13.8 Å². The second-order valence-electron chi connectivity index (χ2n) is 1.85. The first kappa shape index (κ1) is 8.47. The molecule has 0 fully saturated rings. The van der Waals surface area contributed by atoms with Crippen molar-refractivity contribution in [2.24, 2.45) is 10.9 Å². The fourth-order valence-electron chi connectivity index (χ4n) is 0.330. The third-order valence-electron chi connectivity index (χ3n) is 1.19. The highest BCUT2D eigenvalue weighted by Crippen LogP contribution is 2.01. The second-order valence-corrected chi connectivity index (χ2v) is 2.03. The van der Waals surface area contributed by atoms with Gasteiger partial charge in [0, 0.05) is 5.92 Å². The van der Waals surface area contributed by atoms with E-state index in [1.807, 2.05) is 19.0 Å². The van der Waals surface area contributed by atoms with E-state index in [2.05, 4.69) is 17.2 Å². The molecule has 0 spiro atoms. The predicted octanol–water partition coefficient (Wildman–Crippen LogP) is 1.66. The molecular formula is C6H9NOS. The van der Waals surface area contributed by atoms with E-state index in [1.165, 1.54) is 0 Å². The summed E-state index contributed by atoms with van der Waals surface area (Å²) in [4.78, 5) is 14.0. The standard InChI is InChI=1S/C6H9NOS/c1-3-5(2)6(8)7-4-9/h5H,3H2,1-2H3. The van der Waals surface area contributed by atoms with Crippen molar-refractivity contribution in [2.75, 3.05) is 0 Å². The number of nitrogens with zero attached hydrogens (tertiary/aromatic N) is 1. The second kappa shape index (κ2) is 4.36. The van der Waals surface area contributed by atoms with E-state index in [4.69, 9.17) is 0 Å². The SMILES string of the molecule is CCC(C)C(=O)N=C=S. The van der Waals surface area contributed by atoms with E-state index in [1.54, 1.807) is 0 Å². The zero-order valence-corrected chi connectivity index (χ0v) is 6.36. The Bertz CT molecular complexity index is 149. The number of thiocarbonyl (C=S) groups is 1. The molecule has 0 aliphatic heterocycles. The number of hydrogen-bond donors (Lipinski definition) is 0. The molecule has 0 N–H and O–H groups in total. The number of carbonyl (C=O) groups is 1. The molecule has 0 aromatic heterocycles. The molecule has 0 saturated carbocycles. The Morgan fingerprint density at radius 2 is 2.44 bits per heavy atom. The number of rotatable bonds is 2. The van der Waals surface area contributed by atoms with Crippen LogP contribution in [0.5, 0.6) is 0 Å². The maximum Gasteiger partial charge on any atom is 0.257 e. The van der Waals surface area contributed by atoms with E-state index >= 15 is 0 Å². The topological polar surface area (TPSA) is 29.4 Å². The molecule has 0 saturated heterocycles. The van der Waals surface area contributed by atoms with Crippen LogP contribution in [0.15, 0.2) is 4.99 Å². The highest BCUT2D eigenvalue weighted by molar-refractivity contribution is 7.78. The minimum absolute atomic E-state index is 0.0135. The molecular weight excluding hydrogens is 134 g/mol. The van der Waals surface area contributed by atoms with E-state index in [0.29, 0.717) is 0 Å². The molecule has 0 aliphatic carbocycles. The average molecular weight is 143 g/mol. The van der Waals surface area contributed by atoms with Crippen LogP contribution in [0.2, 0.25) is 0 Å². The van der Waals surface area contributed by atoms with Crippen molar-refractivity contribution >= 4 is 23.3 Å². The summed E-state index contributed by atoms with van der Waals surface area (Å²) in [6, 6.07) is 0. The zero-order chi connectivity index (χ0) is 7.28. The van der Waals surface area contributed by atoms with Crippen molar-refractivity contribution in [1.29, 1.82) is 0 Å². The molecule has 0 heterocycles. The molecule has 3 heteroatoms. The monoisotopic (exact) mass is 143 g/mol. The first-order valence-corrected chi connectivity index (χ1v) is 3.25. The molecule has 0 aromatic rings. The number of isothiocyanates is 1. The fraction of sp³-hybridized carbons (Fsp3) is 0.667. The molecule has 1 unspecified atom stereocenters. The minimum atomic E-state index is -0.174. The first-order chi connectivity index (χ1) is 4.22. The largest absolute Gasteiger partial charge is 0.272 e. The normalized spacial score (nSPS) is 11.8. The number of amides is 1. The van der Waals surface area contributed by atoms with Crippen molar-refractivity contribution < 1.29 is 4.79 Å². The summed E-state index contributed by atoms with van der Waals surface area (Å²) in [6.07, 6.45) is 0.805. The summed E-state index contributed by atoms with van der Waals surface area (Å²) < 4.78 is 0. The van der Waals surface area contributed by atoms with Crippen molar-refractivity contribution in [1.82, 2.24) is 0 Å². The van der Waals surface area contributed by atoms with Crippen LogP contribution in [0.3, 0.4) is 0 Å². The Labute approximate surface area is 60.0 Å². The Balaban J connectivity index is 3.87. The number of hydrogen-bond acceptors (Lipinski definition) is 2. The Morgan fingerprint density at radius 1 is 1.89 bits per heavy atom. The molecule has 9 heavy (non-hydrogen) atoms. The van der Waals surface area contributed by atoms with Crippen LogP contribution in [0.1, 0.15) is 20.3 Å². The van der Waals surface area contributed by atoms with Gasteiger partial charge in [0.05, 0.1) is 5.16 Å². The Hall–Kier alpha value is -0.530. The lowest BCUT2D eigenvalue weighted by molar-refractivity contribution is -0.121. The highest BCUT2D eigenvalue weighted by atomic mass is 32.1. The lowest BCUT2D eigenvalue weighted by Gasteiger charge is -1.97. The molecule has 1 amide bonds. The summed E-state index contributed by atoms with van der Waals surface area (Å²) in [5, 5.41) is 2.04. The molecule has 0 aromatic carbocycles. The van der Waals surface area contributed by atoms with Gasteiger partial charge in [-0.15, -0.1) is 0 Å². The van der Waals surface area contributed by atoms with Crippen molar-refractivity contribution in [3.8, 4) is 0 Å². The van der Waals surface area contributed by atoms with E-state index < -0.39 is 0 Å². The quantitative estimate of drug-likeness (QED) is 0.434. The summed E-state index contributed by atoms with van der Waals surface area (Å²) in [7, 11) is 0. The van der Waals surface area contributed by atoms with Gasteiger partial charge in [-0.3, -0.25) is 4.79 Å². The maximum absolute atomic E-state index is 10.7. The minimum Gasteiger partial charge on any atom is -0.272 e. The van der Waals surface area contributed by atoms with Crippen molar-refractivity contribution in [3.63, 3.8) is 0 Å². The van der Waals surface area contributed by atoms with Gasteiger partial charge in [-0.2, -0.15) is 4.99 Å². The van der Waals surface area contributed by atoms with E-state index in [-0.39, 0.29) is 11.8 Å². The summed E-state index contributed by atoms with van der Waals surface area (Å²) in [6.45, 7) is 3.75. The third kappa shape index (κ3) is 3.12. The molecule has 0 aliphatic rings. The number of carbonyl (C=O) groups excluding carboxylic acids is 1. The first-order valence-electron chi connectivity index (χ1n) is 2.84. The van der Waals surface area contributed by atoms with Gasteiger partial charge >= 0.3 is 0 Å². The maximum atomic E-state index is 10.7. The van der Waals surface area contributed by atoms with Crippen LogP contribution in [-0.2, 0) is 4.79 Å². The van der Waals surface area contributed by atoms with Crippen LogP contribution in [0.25, 0.3) is 0 Å². The van der Waals surface area contributed by atoms with Crippen LogP contribution in [-0.4, -0.2) is 11.1 Å². The van der Waals surface area contributed by atoms with Crippen molar-refractivity contribution in [2.45, 2.75) is 20.3 Å². The number of aliphatic imine (C=N–C) groups is 1. The molecule has 0 bridgehead atoms. The van der Waals surface area contributed by atoms with Crippen LogP contribution >= 0.6 is 12.2 Å². The summed E-state index contributed by atoms with van der Waals surface area (Å²) in [5.41, 5.74) is 0. The van der Waals surface area contributed by atoms with Gasteiger partial charge in [0.2, 0.25) is 0 Å². The molecule has 0 radical (unpaired) electrons. The van der Waals surface area contributed by atoms with Crippen molar-refractivity contribution in [3.05, 3.63) is 0 Å². The van der Waals surface area contributed by atoms with Crippen LogP contribution in [0.4, 0.5) is 0 Å². The van der Waals surface area contributed by atoms with Gasteiger partial charge in [0.25, 0.3) is 5.91 Å². The lowest BCUT2D eigenvalue weighted by Crippen LogP contribution is -2.05. The van der Waals surface area contributed by atoms with Gasteiger partial charge < -0.3 is 0 Å². The molecule has 1 atom stereocenters. The van der Waals surface area contributed by atoms with E-state index in [9.17, 15) is 4.79 Å². The average Bonchev–Trinajstić information content (AvgIpc) is 1.87. The van der Waals surface area contributed by atoms with E-state index in [0.717, 1.165) is 6.42 Å². The summed E-state index contributed by atoms with van der Waals surface area (Å²) in [5.74, 6) is -0.187. The molecule has 50 valence electrons. The Kier molecular flexibility index (Phi) is 4.10. The molecule has 2 nitrogen and oxygen atoms in total. The summed E-state index contributed by atoms with van der Waals surface area (Å²) >= 11 is 4.26. The zero-order valence-electron chi connectivity index (χ0n) is 5.55. The van der Waals surface area contributed by atoms with Crippen LogP contribution in [0, 0.1) is 5.92 Å². The third-order valence-corrected chi connectivity index (χ3v) is 1.28. The smallest absolute Gasteiger partial charge is 0.257 e. The van der Waals surface area contributed by atoms with Gasteiger partial charge in [-0.25, -0.2) is 0 Å².